The summed E-state index contributed by atoms with van der Waals surface area (Å²) >= 11 is 0. The Morgan fingerprint density at radius 1 is 1.40 bits per heavy atom. The van der Waals surface area contributed by atoms with Crippen LogP contribution in [-0.2, 0) is 9.53 Å². The van der Waals surface area contributed by atoms with Gasteiger partial charge < -0.3 is 20.1 Å². The predicted molar refractivity (Wildman–Crippen MR) is 76.5 cm³/mol. The Hall–Kier alpha value is -1.59. The zero-order valence-corrected chi connectivity index (χ0v) is 12.0. The van der Waals surface area contributed by atoms with Crippen LogP contribution in [0.1, 0.15) is 24.9 Å². The summed E-state index contributed by atoms with van der Waals surface area (Å²) in [5.41, 5.74) is 7.15. The van der Waals surface area contributed by atoms with Crippen molar-refractivity contribution in [3.05, 3.63) is 29.8 Å². The van der Waals surface area contributed by atoms with E-state index in [1.807, 2.05) is 31.2 Å². The molecule has 1 fully saturated rings. The summed E-state index contributed by atoms with van der Waals surface area (Å²) in [7, 11) is 1.63. The van der Waals surface area contributed by atoms with E-state index in [1.165, 1.54) is 0 Å². The second-order valence-corrected chi connectivity index (χ2v) is 4.86. The topological polar surface area (TPSA) is 64.8 Å². The van der Waals surface area contributed by atoms with Crippen molar-refractivity contribution < 1.29 is 14.3 Å². The van der Waals surface area contributed by atoms with Crippen molar-refractivity contribution in [2.75, 3.05) is 26.9 Å². The smallest absolute Gasteiger partial charge is 0.224 e. The van der Waals surface area contributed by atoms with E-state index < -0.39 is 0 Å². The lowest BCUT2D eigenvalue weighted by Crippen LogP contribution is -2.35. The van der Waals surface area contributed by atoms with Gasteiger partial charge in [-0.15, -0.1) is 0 Å². The van der Waals surface area contributed by atoms with Crippen LogP contribution in [-0.4, -0.2) is 43.7 Å². The minimum Gasteiger partial charge on any atom is -0.494 e. The standard InChI is InChI=1S/C15H22N2O3/c1-3-20-13-7-5-4-6-11(13)15-12(16)10-14(18)17(15)8-9-19-2/h4-7,12,15H,3,8-10,16H2,1-2H3. The number of hydrogen-bond acceptors (Lipinski definition) is 4. The van der Waals surface area contributed by atoms with Gasteiger partial charge in [-0.2, -0.15) is 0 Å². The lowest BCUT2D eigenvalue weighted by atomic mass is 9.99. The summed E-state index contributed by atoms with van der Waals surface area (Å²) in [4.78, 5) is 13.9. The van der Waals surface area contributed by atoms with Crippen molar-refractivity contribution in [2.24, 2.45) is 5.73 Å². The Labute approximate surface area is 119 Å². The van der Waals surface area contributed by atoms with Crippen molar-refractivity contribution >= 4 is 5.91 Å². The van der Waals surface area contributed by atoms with Crippen LogP contribution in [0.25, 0.3) is 0 Å². The first kappa shape index (κ1) is 14.8. The summed E-state index contributed by atoms with van der Waals surface area (Å²) in [6.07, 6.45) is 0.370. The molecule has 2 unspecified atom stereocenters. The number of nitrogens with two attached hydrogens (primary N) is 1. The number of ether oxygens (including phenoxy) is 2. The van der Waals surface area contributed by atoms with Gasteiger partial charge in [-0.1, -0.05) is 18.2 Å². The lowest BCUT2D eigenvalue weighted by Gasteiger charge is -2.28. The molecule has 5 nitrogen and oxygen atoms in total. The van der Waals surface area contributed by atoms with Gasteiger partial charge in [0.1, 0.15) is 5.75 Å². The predicted octanol–water partition coefficient (Wildman–Crippen LogP) is 1.33. The van der Waals surface area contributed by atoms with Gasteiger partial charge in [0.15, 0.2) is 0 Å². The number of hydrogen-bond donors (Lipinski definition) is 1. The Morgan fingerprint density at radius 2 is 2.15 bits per heavy atom. The van der Waals surface area contributed by atoms with E-state index >= 15 is 0 Å². The number of carbonyl (C=O) groups excluding carboxylic acids is 1. The Kier molecular flexibility index (Phi) is 4.98. The fourth-order valence-electron chi connectivity index (χ4n) is 2.68. The van der Waals surface area contributed by atoms with Crippen LogP contribution in [0, 0.1) is 0 Å². The maximum atomic E-state index is 12.1. The summed E-state index contributed by atoms with van der Waals surface area (Å²) in [6, 6.07) is 7.43. The van der Waals surface area contributed by atoms with Crippen molar-refractivity contribution in [2.45, 2.75) is 25.4 Å². The van der Waals surface area contributed by atoms with Crippen molar-refractivity contribution in [3.8, 4) is 5.75 Å². The van der Waals surface area contributed by atoms with Crippen LogP contribution in [0.15, 0.2) is 24.3 Å². The fraction of sp³-hybridized carbons (Fsp3) is 0.533. The quantitative estimate of drug-likeness (QED) is 0.852. The molecule has 0 aliphatic carbocycles. The molecule has 0 radical (unpaired) electrons. The second-order valence-electron chi connectivity index (χ2n) is 4.86. The van der Waals surface area contributed by atoms with Crippen LogP contribution in [0.2, 0.25) is 0 Å². The highest BCUT2D eigenvalue weighted by Gasteiger charge is 2.39. The molecular formula is C15H22N2O3. The van der Waals surface area contributed by atoms with E-state index in [0.29, 0.717) is 26.2 Å². The fourth-order valence-corrected chi connectivity index (χ4v) is 2.68. The molecule has 1 aromatic carbocycles. The molecule has 0 bridgehead atoms. The molecule has 1 aromatic rings. The van der Waals surface area contributed by atoms with E-state index in [2.05, 4.69) is 0 Å². The van der Waals surface area contributed by atoms with Gasteiger partial charge in [-0.3, -0.25) is 4.79 Å². The zero-order valence-electron chi connectivity index (χ0n) is 12.0. The highest BCUT2D eigenvalue weighted by Crippen LogP contribution is 2.36. The molecule has 2 N–H and O–H groups in total. The third kappa shape index (κ3) is 2.94. The Bertz CT molecular complexity index is 464. The largest absolute Gasteiger partial charge is 0.494 e. The third-order valence-corrected chi connectivity index (χ3v) is 3.55. The highest BCUT2D eigenvalue weighted by atomic mass is 16.5. The molecule has 1 aliphatic heterocycles. The van der Waals surface area contributed by atoms with Crippen molar-refractivity contribution in [1.29, 1.82) is 0 Å². The first-order valence-corrected chi connectivity index (χ1v) is 6.94. The molecule has 1 amide bonds. The number of carbonyl (C=O) groups is 1. The van der Waals surface area contributed by atoms with Crippen LogP contribution in [0.5, 0.6) is 5.75 Å². The minimum absolute atomic E-state index is 0.0749. The van der Waals surface area contributed by atoms with Crippen LogP contribution < -0.4 is 10.5 Å². The van der Waals surface area contributed by atoms with Gasteiger partial charge in [0.25, 0.3) is 0 Å². The number of benzene rings is 1. The average molecular weight is 278 g/mol. The molecule has 1 heterocycles. The first-order valence-electron chi connectivity index (χ1n) is 6.94. The molecule has 1 aliphatic rings. The Balaban J connectivity index is 2.30. The molecule has 0 saturated carbocycles. The number of methoxy groups -OCH3 is 1. The number of para-hydroxylation sites is 1. The number of likely N-dealkylation sites (tertiary alicyclic amines) is 1. The van der Waals surface area contributed by atoms with Gasteiger partial charge in [0, 0.05) is 31.7 Å². The van der Waals surface area contributed by atoms with Crippen LogP contribution >= 0.6 is 0 Å². The van der Waals surface area contributed by atoms with E-state index in [0.717, 1.165) is 11.3 Å². The molecule has 110 valence electrons. The van der Waals surface area contributed by atoms with Gasteiger partial charge in [-0.25, -0.2) is 0 Å². The Morgan fingerprint density at radius 3 is 2.85 bits per heavy atom. The number of rotatable bonds is 6. The molecule has 5 heteroatoms. The molecule has 2 atom stereocenters. The van der Waals surface area contributed by atoms with Crippen LogP contribution in [0.3, 0.4) is 0 Å². The van der Waals surface area contributed by atoms with Crippen molar-refractivity contribution in [1.82, 2.24) is 4.90 Å². The molecule has 0 aromatic heterocycles. The normalized spacial score (nSPS) is 22.4. The molecule has 0 spiro atoms. The average Bonchev–Trinajstić information content (AvgIpc) is 2.72. The summed E-state index contributed by atoms with van der Waals surface area (Å²) < 4.78 is 10.7. The maximum absolute atomic E-state index is 12.1. The number of amides is 1. The van der Waals surface area contributed by atoms with Crippen molar-refractivity contribution in [3.63, 3.8) is 0 Å². The molecular weight excluding hydrogens is 256 g/mol. The zero-order chi connectivity index (χ0) is 14.5. The van der Waals surface area contributed by atoms with Gasteiger partial charge in [0.05, 0.1) is 19.3 Å². The monoisotopic (exact) mass is 278 g/mol. The highest BCUT2D eigenvalue weighted by molar-refractivity contribution is 5.80. The van der Waals surface area contributed by atoms with E-state index in [1.54, 1.807) is 12.0 Å². The van der Waals surface area contributed by atoms with Gasteiger partial charge in [-0.05, 0) is 13.0 Å². The SMILES string of the molecule is CCOc1ccccc1C1C(N)CC(=O)N1CCOC. The summed E-state index contributed by atoms with van der Waals surface area (Å²) in [5.74, 6) is 0.874. The summed E-state index contributed by atoms with van der Waals surface area (Å²) in [6.45, 7) is 3.59. The van der Waals surface area contributed by atoms with E-state index in [-0.39, 0.29) is 18.0 Å². The third-order valence-electron chi connectivity index (χ3n) is 3.55. The lowest BCUT2D eigenvalue weighted by molar-refractivity contribution is -0.129. The van der Waals surface area contributed by atoms with E-state index in [9.17, 15) is 4.79 Å². The summed E-state index contributed by atoms with van der Waals surface area (Å²) in [5, 5.41) is 0. The first-order chi connectivity index (χ1) is 9.69. The molecule has 1 saturated heterocycles. The molecule has 2 rings (SSSR count). The number of nitrogens with zero attached hydrogens (tertiary/aromatic N) is 1. The van der Waals surface area contributed by atoms with Gasteiger partial charge in [0.2, 0.25) is 5.91 Å². The van der Waals surface area contributed by atoms with E-state index in [4.69, 9.17) is 15.2 Å². The molecule has 20 heavy (non-hydrogen) atoms. The van der Waals surface area contributed by atoms with Gasteiger partial charge >= 0.3 is 0 Å². The van der Waals surface area contributed by atoms with Crippen LogP contribution in [0.4, 0.5) is 0 Å². The minimum atomic E-state index is -0.207. The second kappa shape index (κ2) is 6.72. The maximum Gasteiger partial charge on any atom is 0.224 e.